The molecule has 4 nitrogen and oxygen atoms in total. The number of nitrogens with one attached hydrogen (secondary N) is 1. The molecule has 0 amide bonds. The van der Waals surface area contributed by atoms with Crippen LogP contribution in [0.15, 0.2) is 52.8 Å². The van der Waals surface area contributed by atoms with E-state index < -0.39 is 6.23 Å². The average Bonchev–Trinajstić information content (AvgIpc) is 3.09. The molecule has 1 saturated heterocycles. The van der Waals surface area contributed by atoms with Crippen molar-refractivity contribution in [3.63, 3.8) is 0 Å². The van der Waals surface area contributed by atoms with E-state index in [0.29, 0.717) is 11.5 Å². The summed E-state index contributed by atoms with van der Waals surface area (Å²) < 4.78 is 10.6. The van der Waals surface area contributed by atoms with Crippen molar-refractivity contribution in [1.82, 2.24) is 5.32 Å². The summed E-state index contributed by atoms with van der Waals surface area (Å²) in [7, 11) is 0. The van der Waals surface area contributed by atoms with Crippen LogP contribution < -0.4 is 5.32 Å². The number of rotatable bonds is 2. The van der Waals surface area contributed by atoms with Crippen LogP contribution in [0.25, 0.3) is 6.08 Å². The summed E-state index contributed by atoms with van der Waals surface area (Å²) in [5.74, 6) is 0.240. The second-order valence-electron chi connectivity index (χ2n) is 6.38. The minimum absolute atomic E-state index is 0.0999. The van der Waals surface area contributed by atoms with Gasteiger partial charge in [-0.1, -0.05) is 45.0 Å². The molecule has 2 aromatic rings. The van der Waals surface area contributed by atoms with Gasteiger partial charge in [0.15, 0.2) is 6.23 Å². The van der Waals surface area contributed by atoms with E-state index in [-0.39, 0.29) is 11.4 Å². The van der Waals surface area contributed by atoms with E-state index in [0.717, 1.165) is 5.56 Å². The van der Waals surface area contributed by atoms with E-state index in [4.69, 9.17) is 9.15 Å². The highest BCUT2D eigenvalue weighted by atomic mass is 16.6. The Hall–Kier alpha value is -2.49. The lowest BCUT2D eigenvalue weighted by Gasteiger charge is -2.20. The zero-order valence-electron chi connectivity index (χ0n) is 12.9. The number of carbonyl (C=O) groups is 1. The lowest BCUT2D eigenvalue weighted by Crippen LogP contribution is -2.14. The molecule has 22 heavy (non-hydrogen) atoms. The first-order chi connectivity index (χ1) is 10.4. The van der Waals surface area contributed by atoms with Gasteiger partial charge in [-0.25, -0.2) is 4.79 Å². The van der Waals surface area contributed by atoms with Crippen LogP contribution in [-0.4, -0.2) is 5.97 Å². The fourth-order valence-electron chi connectivity index (χ4n) is 2.33. The lowest BCUT2D eigenvalue weighted by atomic mass is 9.86. The predicted octanol–water partition coefficient (Wildman–Crippen LogP) is 3.76. The van der Waals surface area contributed by atoms with Crippen molar-refractivity contribution in [2.45, 2.75) is 32.4 Å². The highest BCUT2D eigenvalue weighted by Crippen LogP contribution is 2.28. The number of benzene rings is 1. The molecule has 0 bridgehead atoms. The summed E-state index contributed by atoms with van der Waals surface area (Å²) in [6.07, 6.45) is 2.75. The van der Waals surface area contributed by atoms with Gasteiger partial charge in [0, 0.05) is 11.6 Å². The summed E-state index contributed by atoms with van der Waals surface area (Å²) in [5, 5.41) is 3.08. The second-order valence-corrected chi connectivity index (χ2v) is 6.38. The van der Waals surface area contributed by atoms with Gasteiger partial charge in [0.25, 0.3) is 0 Å². The van der Waals surface area contributed by atoms with Crippen molar-refractivity contribution in [2.24, 2.45) is 0 Å². The average molecular weight is 297 g/mol. The molecule has 1 aromatic carbocycles. The Kier molecular flexibility index (Phi) is 3.53. The molecule has 1 unspecified atom stereocenters. The third-order valence-corrected chi connectivity index (χ3v) is 3.64. The molecule has 0 saturated carbocycles. The Bertz CT molecular complexity index is 691. The summed E-state index contributed by atoms with van der Waals surface area (Å²) >= 11 is 0. The number of cyclic esters (lactones) is 1. The molecule has 2 heterocycles. The standard InChI is InChI=1S/C18H19NO3/c1-18(2,3)13-8-6-12(7-9-13)16-19-15(17(20)22-16)11-14-5-4-10-21-14/h4-11,16,19H,1-3H3/b15-11+. The first-order valence-electron chi connectivity index (χ1n) is 7.27. The molecule has 0 radical (unpaired) electrons. The van der Waals surface area contributed by atoms with Crippen molar-refractivity contribution in [1.29, 1.82) is 0 Å². The Morgan fingerprint density at radius 3 is 2.45 bits per heavy atom. The van der Waals surface area contributed by atoms with Gasteiger partial charge in [-0.05, 0) is 23.1 Å². The molecule has 1 N–H and O–H groups in total. The molecular formula is C18H19NO3. The molecule has 1 aromatic heterocycles. The Labute approximate surface area is 129 Å². The molecule has 1 atom stereocenters. The van der Waals surface area contributed by atoms with E-state index in [2.05, 4.69) is 38.2 Å². The third-order valence-electron chi connectivity index (χ3n) is 3.64. The van der Waals surface area contributed by atoms with Crippen molar-refractivity contribution in [3.05, 3.63) is 65.2 Å². The maximum Gasteiger partial charge on any atom is 0.356 e. The van der Waals surface area contributed by atoms with E-state index in [1.54, 1.807) is 24.5 Å². The Morgan fingerprint density at radius 1 is 1.14 bits per heavy atom. The van der Waals surface area contributed by atoms with Gasteiger partial charge in [-0.2, -0.15) is 0 Å². The zero-order valence-corrected chi connectivity index (χ0v) is 12.9. The fourth-order valence-corrected chi connectivity index (χ4v) is 2.33. The first kappa shape index (κ1) is 14.4. The highest BCUT2D eigenvalue weighted by Gasteiger charge is 2.29. The van der Waals surface area contributed by atoms with Crippen LogP contribution in [0, 0.1) is 0 Å². The van der Waals surface area contributed by atoms with Crippen molar-refractivity contribution < 1.29 is 13.9 Å². The van der Waals surface area contributed by atoms with Crippen LogP contribution in [0.3, 0.4) is 0 Å². The molecule has 1 aliphatic rings. The van der Waals surface area contributed by atoms with Crippen molar-refractivity contribution >= 4 is 12.0 Å². The highest BCUT2D eigenvalue weighted by molar-refractivity contribution is 5.94. The van der Waals surface area contributed by atoms with Gasteiger partial charge >= 0.3 is 5.97 Å². The van der Waals surface area contributed by atoms with E-state index in [9.17, 15) is 4.79 Å². The molecule has 1 fully saturated rings. The van der Waals surface area contributed by atoms with Crippen LogP contribution in [0.1, 0.15) is 43.9 Å². The molecule has 0 spiro atoms. The second kappa shape index (κ2) is 5.37. The summed E-state index contributed by atoms with van der Waals surface area (Å²) in [6, 6.07) is 11.7. The third kappa shape index (κ3) is 2.91. The summed E-state index contributed by atoms with van der Waals surface area (Å²) in [4.78, 5) is 11.9. The van der Waals surface area contributed by atoms with Crippen LogP contribution in [0.2, 0.25) is 0 Å². The van der Waals surface area contributed by atoms with Crippen LogP contribution in [0.4, 0.5) is 0 Å². The number of esters is 1. The number of hydrogen-bond acceptors (Lipinski definition) is 4. The smallest absolute Gasteiger partial charge is 0.356 e. The Morgan fingerprint density at radius 2 is 1.86 bits per heavy atom. The number of ether oxygens (including phenoxy) is 1. The molecular weight excluding hydrogens is 278 g/mol. The normalized spacial score (nSPS) is 20.0. The van der Waals surface area contributed by atoms with Gasteiger partial charge in [0.1, 0.15) is 11.5 Å². The Balaban J connectivity index is 1.78. The van der Waals surface area contributed by atoms with Gasteiger partial charge in [-0.15, -0.1) is 0 Å². The summed E-state index contributed by atoms with van der Waals surface area (Å²) in [6.45, 7) is 6.50. The minimum Gasteiger partial charge on any atom is -0.465 e. The first-order valence-corrected chi connectivity index (χ1v) is 7.27. The molecule has 3 rings (SSSR count). The van der Waals surface area contributed by atoms with Crippen molar-refractivity contribution in [2.75, 3.05) is 0 Å². The molecule has 114 valence electrons. The number of hydrogen-bond donors (Lipinski definition) is 1. The predicted molar refractivity (Wildman–Crippen MR) is 83.8 cm³/mol. The van der Waals surface area contributed by atoms with Gasteiger partial charge in [-0.3, -0.25) is 0 Å². The van der Waals surface area contributed by atoms with Crippen LogP contribution in [0.5, 0.6) is 0 Å². The van der Waals surface area contributed by atoms with Gasteiger partial charge in [0.05, 0.1) is 6.26 Å². The van der Waals surface area contributed by atoms with Crippen LogP contribution >= 0.6 is 0 Å². The zero-order chi connectivity index (χ0) is 15.7. The quantitative estimate of drug-likeness (QED) is 0.677. The van der Waals surface area contributed by atoms with E-state index in [1.807, 2.05) is 12.1 Å². The van der Waals surface area contributed by atoms with E-state index >= 15 is 0 Å². The van der Waals surface area contributed by atoms with Crippen molar-refractivity contribution in [3.8, 4) is 0 Å². The number of furan rings is 1. The maximum atomic E-state index is 11.9. The van der Waals surface area contributed by atoms with Gasteiger partial charge in [0.2, 0.25) is 0 Å². The topological polar surface area (TPSA) is 51.5 Å². The molecule has 1 aliphatic heterocycles. The molecule has 0 aliphatic carbocycles. The monoisotopic (exact) mass is 297 g/mol. The summed E-state index contributed by atoms with van der Waals surface area (Å²) in [5.41, 5.74) is 2.67. The maximum absolute atomic E-state index is 11.9. The number of carbonyl (C=O) groups excluding carboxylic acids is 1. The van der Waals surface area contributed by atoms with Crippen LogP contribution in [-0.2, 0) is 14.9 Å². The fraction of sp³-hybridized carbons (Fsp3) is 0.278. The minimum atomic E-state index is -0.456. The van der Waals surface area contributed by atoms with Gasteiger partial charge < -0.3 is 14.5 Å². The van der Waals surface area contributed by atoms with E-state index in [1.165, 1.54) is 5.56 Å². The largest absolute Gasteiger partial charge is 0.465 e. The lowest BCUT2D eigenvalue weighted by molar-refractivity contribution is -0.139. The SMILES string of the molecule is CC(C)(C)c1ccc(C2N/C(=C/c3ccco3)C(=O)O2)cc1. The molecule has 4 heteroatoms.